The van der Waals surface area contributed by atoms with Crippen LogP contribution in [0.15, 0.2) is 131 Å². The molecule has 5 rings (SSSR count). The van der Waals surface area contributed by atoms with Crippen LogP contribution >= 0.6 is 6.83 Å². The Hall–Kier alpha value is -3.24. The van der Waals surface area contributed by atoms with Gasteiger partial charge in [-0.2, -0.15) is 0 Å². The Balaban J connectivity index is 2.01. The molecule has 1 aliphatic carbocycles. The molecule has 4 aromatic rings. The van der Waals surface area contributed by atoms with Gasteiger partial charge in [0.25, 0.3) is 0 Å². The Morgan fingerprint density at radius 3 is 1.54 bits per heavy atom. The van der Waals surface area contributed by atoms with Gasteiger partial charge in [0, 0.05) is 0 Å². The molecule has 0 radical (unpaired) electrons. The van der Waals surface area contributed by atoms with Crippen molar-refractivity contribution in [1.29, 1.82) is 0 Å². The van der Waals surface area contributed by atoms with Gasteiger partial charge >= 0.3 is 220 Å². The normalized spacial score (nSPS) is 15.2. The number of aryl methyl sites for hydroxylation is 1. The zero-order valence-corrected chi connectivity index (χ0v) is 22.8. The molecule has 4 nitrogen and oxygen atoms in total. The summed E-state index contributed by atoms with van der Waals surface area (Å²) in [6.45, 7) is -2.40. The maximum atomic E-state index is 14.4. The molecule has 0 fully saturated rings. The van der Waals surface area contributed by atoms with Crippen molar-refractivity contribution in [3.05, 3.63) is 132 Å². The van der Waals surface area contributed by atoms with Crippen LogP contribution < -0.4 is 15.9 Å². The number of allylic oxidation sites excluding steroid dienone is 2. The fourth-order valence-corrected chi connectivity index (χ4v) is 14.6. The molecule has 0 spiro atoms. The van der Waals surface area contributed by atoms with E-state index in [1.165, 1.54) is 0 Å². The van der Waals surface area contributed by atoms with Crippen molar-refractivity contribution in [3.63, 3.8) is 0 Å². The fraction of sp³-hybridized carbons (Fsp3) is 0.161. The van der Waals surface area contributed by atoms with Gasteiger partial charge in [0.2, 0.25) is 0 Å². The third-order valence-electron chi connectivity index (χ3n) is 7.20. The van der Waals surface area contributed by atoms with Gasteiger partial charge in [-0.25, -0.2) is 0 Å². The summed E-state index contributed by atoms with van der Waals surface area (Å²) in [7, 11) is -2.57. The van der Waals surface area contributed by atoms with Crippen LogP contribution in [0.2, 0.25) is 0 Å². The van der Waals surface area contributed by atoms with Gasteiger partial charge in [0.1, 0.15) is 0 Å². The number of methoxy groups -OCH3 is 1. The zero-order valence-electron chi connectivity index (χ0n) is 21.1. The molecular formula is C31H31O4PS. The first-order valence-corrected chi connectivity index (χ1v) is 16.0. The molecule has 6 heteroatoms. The molecule has 0 unspecified atom stereocenters. The third-order valence-corrected chi connectivity index (χ3v) is 15.4. The Morgan fingerprint density at radius 2 is 1.11 bits per heavy atom. The molecule has 0 atom stereocenters. The van der Waals surface area contributed by atoms with Crippen molar-refractivity contribution < 1.29 is 17.1 Å². The van der Waals surface area contributed by atoms with Crippen molar-refractivity contribution in [1.82, 2.24) is 0 Å². The molecule has 0 saturated carbocycles. The van der Waals surface area contributed by atoms with Crippen LogP contribution in [0.5, 0.6) is 0 Å². The van der Waals surface area contributed by atoms with Crippen molar-refractivity contribution in [2.75, 3.05) is 7.11 Å². The Bertz CT molecular complexity index is 1420. The van der Waals surface area contributed by atoms with E-state index in [0.29, 0.717) is 6.42 Å². The first-order valence-electron chi connectivity index (χ1n) is 12.4. The second kappa shape index (κ2) is 9.90. The Labute approximate surface area is 219 Å². The summed E-state index contributed by atoms with van der Waals surface area (Å²) in [6, 6.07) is 36.4. The first-order chi connectivity index (χ1) is 17.9. The summed E-state index contributed by atoms with van der Waals surface area (Å²) in [5, 5.41) is 3.40. The van der Waals surface area contributed by atoms with E-state index in [2.05, 4.69) is 0 Å². The van der Waals surface area contributed by atoms with Crippen molar-refractivity contribution >= 4 is 32.9 Å². The predicted octanol–water partition coefficient (Wildman–Crippen LogP) is 6.19. The van der Waals surface area contributed by atoms with E-state index in [1.54, 1.807) is 31.4 Å². The number of benzene rings is 4. The zero-order chi connectivity index (χ0) is 26.0. The van der Waals surface area contributed by atoms with E-state index in [4.69, 9.17) is 8.71 Å². The van der Waals surface area contributed by atoms with Crippen LogP contribution in [-0.4, -0.2) is 15.5 Å². The topological polar surface area (TPSA) is 52.6 Å². The summed E-state index contributed by atoms with van der Waals surface area (Å²) >= 11 is 0. The number of hydrogen-bond donors (Lipinski definition) is 0. The molecule has 0 N–H and O–H groups in total. The van der Waals surface area contributed by atoms with Crippen molar-refractivity contribution in [2.24, 2.45) is 0 Å². The summed E-state index contributed by atoms with van der Waals surface area (Å²) in [5.41, 5.74) is 0.978. The summed E-state index contributed by atoms with van der Waals surface area (Å²) in [4.78, 5) is 0.132. The van der Waals surface area contributed by atoms with E-state index in [9.17, 15) is 8.42 Å². The second-order valence-corrected chi connectivity index (χ2v) is 15.4. The molecule has 0 heterocycles. The third kappa shape index (κ3) is 4.02. The fourth-order valence-electron chi connectivity index (χ4n) is 5.54. The number of ether oxygens (including phenoxy) is 1. The van der Waals surface area contributed by atoms with E-state index in [0.717, 1.165) is 45.4 Å². The van der Waals surface area contributed by atoms with Gasteiger partial charge in [0.15, 0.2) is 0 Å². The van der Waals surface area contributed by atoms with Crippen molar-refractivity contribution in [3.8, 4) is 0 Å². The van der Waals surface area contributed by atoms with Gasteiger partial charge in [0.05, 0.1) is 0 Å². The van der Waals surface area contributed by atoms with Crippen molar-refractivity contribution in [2.45, 2.75) is 31.1 Å². The number of hydrogen-bond acceptors (Lipinski definition) is 4. The van der Waals surface area contributed by atoms with Crippen LogP contribution in [0.25, 0.3) is 0 Å². The molecule has 0 aliphatic heterocycles. The molecule has 37 heavy (non-hydrogen) atoms. The Morgan fingerprint density at radius 1 is 0.649 bits per heavy atom. The molecule has 190 valence electrons. The van der Waals surface area contributed by atoms with Gasteiger partial charge < -0.3 is 0 Å². The van der Waals surface area contributed by atoms with Gasteiger partial charge in [-0.15, -0.1) is 0 Å². The predicted molar refractivity (Wildman–Crippen MR) is 152 cm³/mol. The van der Waals surface area contributed by atoms with Crippen LogP contribution in [0, 0.1) is 6.92 Å². The quantitative estimate of drug-likeness (QED) is 0.255. The van der Waals surface area contributed by atoms with Crippen LogP contribution in [0.3, 0.4) is 0 Å². The molecule has 0 saturated heterocycles. The average molecular weight is 531 g/mol. The summed E-state index contributed by atoms with van der Waals surface area (Å²) < 4.78 is 41.7. The summed E-state index contributed by atoms with van der Waals surface area (Å²) in [5.74, 6) is 0.799. The van der Waals surface area contributed by atoms with Gasteiger partial charge in [-0.3, -0.25) is 0 Å². The molecule has 1 aliphatic rings. The second-order valence-electron chi connectivity index (χ2n) is 9.31. The molecule has 4 aromatic carbocycles. The first kappa shape index (κ1) is 25.4. The molecule has 0 bridgehead atoms. The molecular weight excluding hydrogens is 499 g/mol. The SMILES string of the molecule is COC1=C(P(OS(=O)(=O)c2ccc(C)cc2)(c2ccccc2)(c2ccccc2)c2ccccc2)CCC1. The number of rotatable bonds is 8. The maximum absolute atomic E-state index is 14.4. The van der Waals surface area contributed by atoms with Crippen LogP contribution in [0.4, 0.5) is 0 Å². The van der Waals surface area contributed by atoms with E-state index >= 15 is 0 Å². The molecule has 0 amide bonds. The average Bonchev–Trinajstić information content (AvgIpc) is 3.44. The Kier molecular flexibility index (Phi) is 6.80. The van der Waals surface area contributed by atoms with Gasteiger partial charge in [-0.1, -0.05) is 0 Å². The minimum atomic E-state index is -4.33. The van der Waals surface area contributed by atoms with E-state index < -0.39 is 16.9 Å². The monoisotopic (exact) mass is 530 g/mol. The van der Waals surface area contributed by atoms with E-state index in [-0.39, 0.29) is 4.90 Å². The van der Waals surface area contributed by atoms with Crippen LogP contribution in [-0.2, 0) is 18.8 Å². The standard InChI is InChI=1S/C31H31O4PS/c1-25-21-23-29(24-22-25)37(32,33)35-36(26-13-6-3-7-14-26,27-15-8-4-9-16-27,28-17-10-5-11-18-28)31-20-12-19-30(31)34-2/h3-11,13-18,21-24H,12,19-20H2,1-2H3. The van der Waals surface area contributed by atoms with E-state index in [1.807, 2.05) is 97.9 Å². The molecule has 0 aromatic heterocycles. The van der Waals surface area contributed by atoms with Gasteiger partial charge in [-0.05, 0) is 0 Å². The minimum absolute atomic E-state index is 0.132. The summed E-state index contributed by atoms with van der Waals surface area (Å²) in [6.07, 6.45) is 2.25. The van der Waals surface area contributed by atoms with Crippen LogP contribution in [0.1, 0.15) is 24.8 Å².